The van der Waals surface area contributed by atoms with E-state index in [0.29, 0.717) is 31.7 Å². The van der Waals surface area contributed by atoms with Gasteiger partial charge in [-0.25, -0.2) is 19.1 Å². The minimum atomic E-state index is -1.30. The fraction of sp³-hybridized carbons (Fsp3) is 0.750. The number of nitrogens with one attached hydrogen (secondary N) is 4. The van der Waals surface area contributed by atoms with Crippen molar-refractivity contribution in [3.63, 3.8) is 0 Å². The van der Waals surface area contributed by atoms with E-state index in [1.807, 2.05) is 0 Å². The number of amides is 3. The maximum atomic E-state index is 13.2. The van der Waals surface area contributed by atoms with Crippen molar-refractivity contribution >= 4 is 18.1 Å². The van der Waals surface area contributed by atoms with Gasteiger partial charge in [-0.05, 0) is 32.2 Å². The third-order valence-electron chi connectivity index (χ3n) is 9.20. The van der Waals surface area contributed by atoms with Crippen LogP contribution in [0.15, 0.2) is 28.0 Å². The highest BCUT2D eigenvalue weighted by molar-refractivity contribution is 5.81. The Morgan fingerprint density at radius 2 is 1.48 bits per heavy atom. The number of hydrogen-bond acceptors (Lipinski definition) is 12. The quantitative estimate of drug-likeness (QED) is 0.0757. The normalized spacial score (nSPS) is 18.6. The van der Waals surface area contributed by atoms with Gasteiger partial charge < -0.3 is 41.6 Å². The van der Waals surface area contributed by atoms with E-state index in [9.17, 15) is 24.0 Å². The first kappa shape index (κ1) is 44.1. The summed E-state index contributed by atoms with van der Waals surface area (Å²) < 4.78 is 20.6. The van der Waals surface area contributed by atoms with Gasteiger partial charge in [-0.15, -0.1) is 5.10 Å². The molecular weight excluding hydrogens is 700 g/mol. The van der Waals surface area contributed by atoms with Crippen LogP contribution in [0, 0.1) is 0 Å². The molecule has 0 unspecified atom stereocenters. The van der Waals surface area contributed by atoms with Crippen molar-refractivity contribution < 1.29 is 28.6 Å². The summed E-state index contributed by atoms with van der Waals surface area (Å²) in [6.07, 6.45) is 10.9. The van der Waals surface area contributed by atoms with Gasteiger partial charge in [-0.3, -0.25) is 19.1 Å². The number of aromatic nitrogens is 5. The lowest BCUT2D eigenvalue weighted by Crippen LogP contribution is -2.45. The summed E-state index contributed by atoms with van der Waals surface area (Å²) in [6.45, 7) is 5.60. The lowest BCUT2D eigenvalue weighted by atomic mass is 10.1. The number of alkyl carbamates (subject to hydrolysis) is 2. The van der Waals surface area contributed by atoms with Crippen LogP contribution in [0.25, 0.3) is 0 Å². The second-order valence-corrected chi connectivity index (χ2v) is 13.8. The summed E-state index contributed by atoms with van der Waals surface area (Å²) in [4.78, 5) is 65.9. The Bertz CT molecular complexity index is 1510. The van der Waals surface area contributed by atoms with E-state index >= 15 is 0 Å². The first-order valence-electron chi connectivity index (χ1n) is 19.6. The van der Waals surface area contributed by atoms with E-state index in [1.54, 1.807) is 6.20 Å². The number of rotatable bonds is 26. The molecule has 8 N–H and O–H groups in total. The first-order valence-corrected chi connectivity index (χ1v) is 19.6. The fourth-order valence-corrected chi connectivity index (χ4v) is 6.14. The summed E-state index contributed by atoms with van der Waals surface area (Å²) in [7, 11) is 0. The van der Waals surface area contributed by atoms with Gasteiger partial charge >= 0.3 is 17.9 Å². The molecule has 1 aliphatic rings. The molecule has 0 saturated carbocycles. The van der Waals surface area contributed by atoms with Gasteiger partial charge in [-0.2, -0.15) is 0 Å². The van der Waals surface area contributed by atoms with Gasteiger partial charge in [0.05, 0.1) is 25.3 Å². The zero-order valence-electron chi connectivity index (χ0n) is 32.0. The Labute approximate surface area is 316 Å². The largest absolute Gasteiger partial charge is 0.439 e. The van der Waals surface area contributed by atoms with E-state index in [-0.39, 0.29) is 19.0 Å². The molecule has 0 aliphatic carbocycles. The maximum absolute atomic E-state index is 13.2. The topological polar surface area (TPSA) is 253 Å². The van der Waals surface area contributed by atoms with Crippen LogP contribution in [0.5, 0.6) is 0 Å². The van der Waals surface area contributed by atoms with E-state index in [1.165, 1.54) is 10.9 Å². The molecule has 1 fully saturated rings. The third kappa shape index (κ3) is 15.6. The molecule has 1 saturated heterocycles. The highest BCUT2D eigenvalue weighted by Gasteiger charge is 2.51. The highest BCUT2D eigenvalue weighted by Crippen LogP contribution is 2.34. The molecule has 54 heavy (non-hydrogen) atoms. The number of hydrogen-bond donors (Lipinski definition) is 6. The molecule has 304 valence electrons. The Balaban J connectivity index is 1.77. The van der Waals surface area contributed by atoms with E-state index < -0.39 is 54.0 Å². The average Bonchev–Trinajstić information content (AvgIpc) is 3.73. The Morgan fingerprint density at radius 1 is 0.870 bits per heavy atom. The highest BCUT2D eigenvalue weighted by atomic mass is 16.7. The van der Waals surface area contributed by atoms with Crippen molar-refractivity contribution in [3.8, 4) is 0 Å². The first-order chi connectivity index (χ1) is 26.2. The SMILES string of the molecule is CCCCCCCCNC(=O)O[C@@H]1[C@H](OC(=O)NCCCCCCCC)[C@@H](Cn2cc(CNC(=O)[C@@H](N)CCCCN)nn2)O[C@H]1n1ccc(=O)[nH]c1=O. The number of carbonyl (C=O) groups excluding carboxylic acids is 3. The molecule has 0 radical (unpaired) electrons. The molecular formula is C36H62N10O8. The molecule has 0 aromatic carbocycles. The van der Waals surface area contributed by atoms with Crippen molar-refractivity contribution in [1.82, 2.24) is 40.5 Å². The predicted octanol–water partition coefficient (Wildman–Crippen LogP) is 2.71. The van der Waals surface area contributed by atoms with Crippen LogP contribution in [0.2, 0.25) is 0 Å². The van der Waals surface area contributed by atoms with Crippen molar-refractivity contribution in [2.45, 2.75) is 154 Å². The van der Waals surface area contributed by atoms with Gasteiger partial charge in [0.2, 0.25) is 5.91 Å². The lowest BCUT2D eigenvalue weighted by Gasteiger charge is -2.25. The molecule has 3 heterocycles. The lowest BCUT2D eigenvalue weighted by molar-refractivity contribution is -0.122. The second kappa shape index (κ2) is 24.9. The van der Waals surface area contributed by atoms with Gasteiger partial charge in [-0.1, -0.05) is 89.7 Å². The maximum Gasteiger partial charge on any atom is 0.407 e. The summed E-state index contributed by atoms with van der Waals surface area (Å²) in [5, 5.41) is 16.6. The number of nitrogens with two attached hydrogens (primary N) is 2. The van der Waals surface area contributed by atoms with Gasteiger partial charge in [0.25, 0.3) is 5.56 Å². The standard InChI is InChI=1S/C36H62N10O8/c1-3-5-7-9-11-15-20-39-35(50)53-30-28(25-45-24-26(43-44-45)23-41-32(48)27(38)17-13-14-19-37)52-33(46-22-18-29(47)42-34(46)49)31(30)54-36(51)40-21-16-12-10-8-6-4-2/h18,22,24,27-28,30-31,33H,3-17,19-21,23,25,37-38H2,1-2H3,(H,39,50)(H,40,51)(H,41,48)(H,42,47,49)/t27-,28+,30+,31+,33+/m0/s1. The third-order valence-corrected chi connectivity index (χ3v) is 9.20. The molecule has 18 nitrogen and oxygen atoms in total. The van der Waals surface area contributed by atoms with E-state index in [2.05, 4.69) is 45.1 Å². The van der Waals surface area contributed by atoms with E-state index in [0.717, 1.165) is 101 Å². The minimum Gasteiger partial charge on any atom is -0.439 e. The molecule has 3 rings (SSSR count). The molecule has 0 spiro atoms. The molecule has 0 bridgehead atoms. The number of H-pyrrole nitrogens is 1. The molecule has 5 atom stereocenters. The molecule has 2 aromatic heterocycles. The summed E-state index contributed by atoms with van der Waals surface area (Å²) in [5.41, 5.74) is 10.5. The number of nitrogens with zero attached hydrogens (tertiary/aromatic N) is 4. The zero-order valence-corrected chi connectivity index (χ0v) is 32.0. The minimum absolute atomic E-state index is 0.0389. The second-order valence-electron chi connectivity index (χ2n) is 13.8. The Kier molecular flexibility index (Phi) is 20.4. The molecule has 18 heteroatoms. The predicted molar refractivity (Wildman–Crippen MR) is 201 cm³/mol. The van der Waals surface area contributed by atoms with Gasteiger partial charge in [0, 0.05) is 25.4 Å². The van der Waals surface area contributed by atoms with Crippen LogP contribution in [0.1, 0.15) is 122 Å². The Morgan fingerprint density at radius 3 is 2.09 bits per heavy atom. The van der Waals surface area contributed by atoms with Gasteiger partial charge in [0.1, 0.15) is 11.8 Å². The summed E-state index contributed by atoms with van der Waals surface area (Å²) in [6, 6.07) is 0.454. The van der Waals surface area contributed by atoms with Crippen LogP contribution < -0.4 is 38.7 Å². The van der Waals surface area contributed by atoms with E-state index in [4.69, 9.17) is 25.7 Å². The molecule has 3 amide bonds. The van der Waals surface area contributed by atoms with Crippen LogP contribution >= 0.6 is 0 Å². The van der Waals surface area contributed by atoms with Crippen molar-refractivity contribution in [1.29, 1.82) is 0 Å². The van der Waals surface area contributed by atoms with Crippen LogP contribution in [-0.4, -0.2) is 86.6 Å². The number of aromatic amines is 1. The van der Waals surface area contributed by atoms with Crippen molar-refractivity contribution in [2.24, 2.45) is 11.5 Å². The monoisotopic (exact) mass is 762 g/mol. The van der Waals surface area contributed by atoms with Crippen LogP contribution in [-0.2, 0) is 32.1 Å². The number of carbonyl (C=O) groups is 3. The molecule has 1 aliphatic heterocycles. The smallest absolute Gasteiger partial charge is 0.407 e. The summed E-state index contributed by atoms with van der Waals surface area (Å²) in [5.74, 6) is -0.329. The van der Waals surface area contributed by atoms with Gasteiger partial charge in [0.15, 0.2) is 18.4 Å². The fourth-order valence-electron chi connectivity index (χ4n) is 6.14. The van der Waals surface area contributed by atoms with Crippen LogP contribution in [0.4, 0.5) is 9.59 Å². The van der Waals surface area contributed by atoms with Crippen molar-refractivity contribution in [3.05, 3.63) is 45.0 Å². The number of unbranched alkanes of at least 4 members (excludes halogenated alkanes) is 11. The molecule has 2 aromatic rings. The number of ether oxygens (including phenoxy) is 3. The Hall–Kier alpha value is -4.29. The zero-order chi connectivity index (χ0) is 39.1. The average molecular weight is 763 g/mol. The van der Waals surface area contributed by atoms with Crippen molar-refractivity contribution in [2.75, 3.05) is 19.6 Å². The summed E-state index contributed by atoms with van der Waals surface area (Å²) >= 11 is 0. The van der Waals surface area contributed by atoms with Crippen LogP contribution in [0.3, 0.4) is 0 Å².